The van der Waals surface area contributed by atoms with Gasteiger partial charge in [0.25, 0.3) is 5.91 Å². The molecular weight excluding hydrogens is 498 g/mol. The minimum Gasteiger partial charge on any atom is -0.393 e. The number of nitrogens with one attached hydrogen (secondary N) is 3. The molecule has 1 fully saturated rings. The molecule has 3 rings (SSSR count). The van der Waals surface area contributed by atoms with Gasteiger partial charge in [0.2, 0.25) is 16.0 Å². The van der Waals surface area contributed by atoms with Crippen LogP contribution in [0.5, 0.6) is 0 Å². The smallest absolute Gasteiger partial charge is 0.345 e. The third-order valence-corrected chi connectivity index (χ3v) is 6.55. The molecule has 1 aliphatic carbocycles. The molecule has 1 atom stereocenters. The highest BCUT2D eigenvalue weighted by Crippen LogP contribution is 2.24. The van der Waals surface area contributed by atoms with Gasteiger partial charge in [0.15, 0.2) is 0 Å². The van der Waals surface area contributed by atoms with Crippen molar-refractivity contribution in [2.45, 2.75) is 68.8 Å². The quantitative estimate of drug-likeness (QED) is 0.292. The number of aromatic nitrogens is 2. The number of primary sulfonamides is 1. The fraction of sp³-hybridized carbons (Fsp3) is 0.500. The Morgan fingerprint density at radius 1 is 1.22 bits per heavy atom. The summed E-state index contributed by atoms with van der Waals surface area (Å²) in [6.45, 7) is -1.42. The molecule has 11 nitrogen and oxygen atoms in total. The van der Waals surface area contributed by atoms with E-state index in [0.29, 0.717) is 31.2 Å². The summed E-state index contributed by atoms with van der Waals surface area (Å²) in [5, 5.41) is 23.7. The molecule has 1 amide bonds. The lowest BCUT2D eigenvalue weighted by molar-refractivity contribution is -0.130. The first-order chi connectivity index (χ1) is 17.0. The number of anilines is 2. The van der Waals surface area contributed by atoms with E-state index in [-0.39, 0.29) is 47.5 Å². The number of ether oxygens (including phenoxy) is 1. The number of halogens is 2. The highest BCUT2D eigenvalue weighted by atomic mass is 32.2. The largest absolute Gasteiger partial charge is 0.393 e. The fourth-order valence-corrected chi connectivity index (χ4v) is 4.21. The lowest BCUT2D eigenvalue weighted by Gasteiger charge is -2.27. The Hall–Kier alpha value is -2.94. The predicted octanol–water partition coefficient (Wildman–Crippen LogP) is 1.81. The third-order valence-electron chi connectivity index (χ3n) is 5.62. The minimum absolute atomic E-state index is 0.0203. The number of nitrogens with zero attached hydrogens (tertiary/aromatic N) is 2. The minimum atomic E-state index is -3.82. The number of aliphatic hydroxyl groups is 1. The Kier molecular flexibility index (Phi) is 9.48. The molecule has 6 N–H and O–H groups in total. The van der Waals surface area contributed by atoms with Gasteiger partial charge in [-0.15, -0.1) is 0 Å². The first-order valence-electron chi connectivity index (χ1n) is 11.4. The molecule has 198 valence electrons. The Balaban J connectivity index is 1.72. The summed E-state index contributed by atoms with van der Waals surface area (Å²) in [5.74, 6) is -0.0729. The molecule has 1 saturated carbocycles. The number of amides is 1. The SMILES string of the molecule is C[C@@H](COC(F)F)Nc1ncc(C(=O)NCc2ccc(S(N)(=O)=O)cc2)c(NC2CCC(O)CC2)n1. The van der Waals surface area contributed by atoms with Gasteiger partial charge in [-0.05, 0) is 50.3 Å². The molecule has 1 aliphatic rings. The molecule has 2 aromatic rings. The first kappa shape index (κ1) is 27.6. The number of hydrogen-bond donors (Lipinski definition) is 5. The molecular formula is C22H30F2N6O5S. The Morgan fingerprint density at radius 2 is 1.89 bits per heavy atom. The highest BCUT2D eigenvalue weighted by molar-refractivity contribution is 7.89. The highest BCUT2D eigenvalue weighted by Gasteiger charge is 2.23. The van der Waals surface area contributed by atoms with E-state index in [1.165, 1.54) is 18.3 Å². The van der Waals surface area contributed by atoms with E-state index in [9.17, 15) is 27.1 Å². The van der Waals surface area contributed by atoms with E-state index in [2.05, 4.69) is 30.7 Å². The first-order valence-corrected chi connectivity index (χ1v) is 12.9. The summed E-state index contributed by atoms with van der Waals surface area (Å²) in [4.78, 5) is 21.5. The van der Waals surface area contributed by atoms with Gasteiger partial charge in [-0.3, -0.25) is 4.79 Å². The van der Waals surface area contributed by atoms with Crippen LogP contribution in [0.4, 0.5) is 20.5 Å². The van der Waals surface area contributed by atoms with Crippen molar-refractivity contribution in [2.75, 3.05) is 17.2 Å². The van der Waals surface area contributed by atoms with Gasteiger partial charge in [0.05, 0.1) is 17.6 Å². The topological polar surface area (TPSA) is 169 Å². The second kappa shape index (κ2) is 12.3. The molecule has 0 saturated heterocycles. The van der Waals surface area contributed by atoms with Crippen molar-refractivity contribution in [1.82, 2.24) is 15.3 Å². The lowest BCUT2D eigenvalue weighted by Crippen LogP contribution is -2.31. The van der Waals surface area contributed by atoms with Crippen molar-refractivity contribution in [3.05, 3.63) is 41.6 Å². The molecule has 36 heavy (non-hydrogen) atoms. The van der Waals surface area contributed by atoms with Gasteiger partial charge in [0, 0.05) is 24.8 Å². The summed E-state index contributed by atoms with van der Waals surface area (Å²) in [6.07, 6.45) is 3.58. The normalized spacial score (nSPS) is 19.1. The average Bonchev–Trinajstić information content (AvgIpc) is 2.82. The van der Waals surface area contributed by atoms with Gasteiger partial charge >= 0.3 is 6.61 Å². The fourth-order valence-electron chi connectivity index (χ4n) is 3.69. The van der Waals surface area contributed by atoms with E-state index < -0.39 is 28.6 Å². The van der Waals surface area contributed by atoms with Gasteiger partial charge in [-0.1, -0.05) is 12.1 Å². The van der Waals surface area contributed by atoms with Crippen LogP contribution in [-0.4, -0.2) is 60.8 Å². The summed E-state index contributed by atoms with van der Waals surface area (Å²) in [6, 6.07) is 5.25. The maximum absolute atomic E-state index is 13.0. The van der Waals surface area contributed by atoms with Crippen molar-refractivity contribution in [3.63, 3.8) is 0 Å². The number of alkyl halides is 2. The number of rotatable bonds is 11. The molecule has 0 bridgehead atoms. The van der Waals surface area contributed by atoms with Crippen LogP contribution in [-0.2, 0) is 21.3 Å². The monoisotopic (exact) mass is 528 g/mol. The van der Waals surface area contributed by atoms with Crippen molar-refractivity contribution in [3.8, 4) is 0 Å². The van der Waals surface area contributed by atoms with Crippen molar-refractivity contribution in [2.24, 2.45) is 5.14 Å². The molecule has 0 radical (unpaired) electrons. The summed E-state index contributed by atoms with van der Waals surface area (Å²) >= 11 is 0. The zero-order chi connectivity index (χ0) is 26.3. The average molecular weight is 529 g/mol. The second-order valence-electron chi connectivity index (χ2n) is 8.62. The zero-order valence-electron chi connectivity index (χ0n) is 19.7. The zero-order valence-corrected chi connectivity index (χ0v) is 20.5. The second-order valence-corrected chi connectivity index (χ2v) is 10.2. The molecule has 1 aromatic carbocycles. The van der Waals surface area contributed by atoms with Crippen molar-refractivity contribution >= 4 is 27.7 Å². The van der Waals surface area contributed by atoms with Gasteiger partial charge in [-0.2, -0.15) is 13.8 Å². The molecule has 0 unspecified atom stereocenters. The number of carbonyl (C=O) groups excluding carboxylic acids is 1. The number of carbonyl (C=O) groups is 1. The van der Waals surface area contributed by atoms with E-state index in [1.54, 1.807) is 19.1 Å². The maximum atomic E-state index is 13.0. The Morgan fingerprint density at radius 3 is 2.50 bits per heavy atom. The van der Waals surface area contributed by atoms with Gasteiger partial charge in [0.1, 0.15) is 11.4 Å². The van der Waals surface area contributed by atoms with Crippen molar-refractivity contribution < 1.29 is 31.8 Å². The third kappa shape index (κ3) is 8.33. The molecule has 0 spiro atoms. The number of sulfonamides is 1. The number of aliphatic hydroxyl groups excluding tert-OH is 1. The molecule has 1 aromatic heterocycles. The summed E-state index contributed by atoms with van der Waals surface area (Å²) in [5.41, 5.74) is 0.822. The Labute approximate surface area is 207 Å². The van der Waals surface area contributed by atoms with Crippen LogP contribution in [0.15, 0.2) is 35.4 Å². The van der Waals surface area contributed by atoms with Crippen LogP contribution >= 0.6 is 0 Å². The van der Waals surface area contributed by atoms with Crippen LogP contribution in [0.1, 0.15) is 48.5 Å². The molecule has 14 heteroatoms. The van der Waals surface area contributed by atoms with Crippen molar-refractivity contribution in [1.29, 1.82) is 0 Å². The van der Waals surface area contributed by atoms with Crippen LogP contribution in [0.25, 0.3) is 0 Å². The van der Waals surface area contributed by atoms with Crippen LogP contribution in [0, 0.1) is 0 Å². The predicted molar refractivity (Wildman–Crippen MR) is 128 cm³/mol. The van der Waals surface area contributed by atoms with E-state index in [1.807, 2.05) is 0 Å². The Bertz CT molecular complexity index is 1130. The standard InChI is InChI=1S/C22H30F2N6O5S/c1-13(12-35-21(23)24)28-22-27-11-18(19(30-22)29-15-4-6-16(31)7-5-15)20(32)26-10-14-2-8-17(9-3-14)36(25,33)34/h2-3,8-9,11,13,15-16,21,31H,4-7,10,12H2,1H3,(H,26,32)(H2,25,33,34)(H2,27,28,29,30)/t13-,15?,16?/m0/s1. The maximum Gasteiger partial charge on any atom is 0.345 e. The van der Waals surface area contributed by atoms with Crippen LogP contribution in [0.3, 0.4) is 0 Å². The molecule has 0 aliphatic heterocycles. The summed E-state index contributed by atoms with van der Waals surface area (Å²) in [7, 11) is -3.82. The van der Waals surface area contributed by atoms with Gasteiger partial charge < -0.3 is 25.8 Å². The molecule has 1 heterocycles. The van der Waals surface area contributed by atoms with Crippen LogP contribution in [0.2, 0.25) is 0 Å². The van der Waals surface area contributed by atoms with Crippen LogP contribution < -0.4 is 21.1 Å². The van der Waals surface area contributed by atoms with Gasteiger partial charge in [-0.25, -0.2) is 18.5 Å². The summed E-state index contributed by atoms with van der Waals surface area (Å²) < 4.78 is 51.7. The number of hydrogen-bond acceptors (Lipinski definition) is 9. The van der Waals surface area contributed by atoms with E-state index in [4.69, 9.17) is 5.14 Å². The van der Waals surface area contributed by atoms with E-state index in [0.717, 1.165) is 0 Å². The van der Waals surface area contributed by atoms with E-state index >= 15 is 0 Å². The number of nitrogens with two attached hydrogens (primary N) is 1. The number of benzene rings is 1. The lowest BCUT2D eigenvalue weighted by atomic mass is 9.93.